The molecule has 0 aliphatic carbocycles. The molecule has 13 heavy (non-hydrogen) atoms. The van der Waals surface area contributed by atoms with Gasteiger partial charge in [0.15, 0.2) is 0 Å². The van der Waals surface area contributed by atoms with Crippen LogP contribution in [0.1, 0.15) is 34.1 Å². The molecule has 0 saturated carbocycles. The third kappa shape index (κ3) is 4.07. The second kappa shape index (κ2) is 5.00. The maximum absolute atomic E-state index is 11.7. The van der Waals surface area contributed by atoms with Gasteiger partial charge in [-0.25, -0.2) is 0 Å². The van der Waals surface area contributed by atoms with E-state index in [0.717, 1.165) is 6.42 Å². The van der Waals surface area contributed by atoms with Crippen molar-refractivity contribution in [1.29, 1.82) is 0 Å². The Balaban J connectivity index is 4.30. The Morgan fingerprint density at radius 2 is 2.00 bits per heavy atom. The fourth-order valence-corrected chi connectivity index (χ4v) is 1.34. The SMILES string of the molecule is C=CC=CCC(C)(C)C(=O)C(C)C. The number of hydrogen-bond donors (Lipinski definition) is 0. The molecule has 0 aromatic carbocycles. The molecule has 0 rings (SSSR count). The zero-order chi connectivity index (χ0) is 10.5. The van der Waals surface area contributed by atoms with Crippen LogP contribution in [0, 0.1) is 11.3 Å². The van der Waals surface area contributed by atoms with Gasteiger partial charge in [0.05, 0.1) is 0 Å². The minimum Gasteiger partial charge on any atom is -0.299 e. The van der Waals surface area contributed by atoms with E-state index in [1.54, 1.807) is 6.08 Å². The number of rotatable bonds is 5. The number of hydrogen-bond acceptors (Lipinski definition) is 1. The Morgan fingerprint density at radius 3 is 2.38 bits per heavy atom. The first kappa shape index (κ1) is 12.2. The van der Waals surface area contributed by atoms with E-state index >= 15 is 0 Å². The van der Waals surface area contributed by atoms with E-state index in [9.17, 15) is 4.79 Å². The number of carbonyl (C=O) groups excluding carboxylic acids is 1. The van der Waals surface area contributed by atoms with Gasteiger partial charge in [-0.15, -0.1) is 0 Å². The third-order valence-corrected chi connectivity index (χ3v) is 2.09. The number of allylic oxidation sites excluding steroid dienone is 3. The Labute approximate surface area is 81.5 Å². The predicted molar refractivity (Wildman–Crippen MR) is 57.6 cm³/mol. The van der Waals surface area contributed by atoms with Crippen LogP contribution in [0.2, 0.25) is 0 Å². The molecule has 0 spiro atoms. The molecule has 0 amide bonds. The van der Waals surface area contributed by atoms with Crippen LogP contribution in [0.5, 0.6) is 0 Å². The first-order chi connectivity index (χ1) is 5.91. The first-order valence-corrected chi connectivity index (χ1v) is 4.73. The number of Topliss-reactive ketones (excluding diaryl/α,β-unsaturated/α-hetero) is 1. The molecule has 74 valence electrons. The van der Waals surface area contributed by atoms with Gasteiger partial charge >= 0.3 is 0 Å². The Hall–Kier alpha value is -0.850. The molecule has 0 aromatic heterocycles. The molecule has 0 aromatic rings. The molecule has 0 unspecified atom stereocenters. The zero-order valence-electron chi connectivity index (χ0n) is 9.13. The monoisotopic (exact) mass is 180 g/mol. The van der Waals surface area contributed by atoms with Crippen LogP contribution in [-0.2, 0) is 4.79 Å². The van der Waals surface area contributed by atoms with Crippen molar-refractivity contribution in [2.45, 2.75) is 34.1 Å². The molecular weight excluding hydrogens is 160 g/mol. The molecule has 0 aliphatic rings. The molecule has 0 saturated heterocycles. The quantitative estimate of drug-likeness (QED) is 0.593. The Kier molecular flexibility index (Phi) is 4.68. The molecule has 0 aliphatic heterocycles. The van der Waals surface area contributed by atoms with Crippen LogP contribution < -0.4 is 0 Å². The Morgan fingerprint density at radius 1 is 1.46 bits per heavy atom. The zero-order valence-corrected chi connectivity index (χ0v) is 9.13. The van der Waals surface area contributed by atoms with Crippen LogP contribution >= 0.6 is 0 Å². The summed E-state index contributed by atoms with van der Waals surface area (Å²) in [6.07, 6.45) is 6.40. The second-order valence-electron chi connectivity index (χ2n) is 4.27. The van der Waals surface area contributed by atoms with E-state index in [4.69, 9.17) is 0 Å². The molecule has 1 heteroatoms. The first-order valence-electron chi connectivity index (χ1n) is 4.73. The second-order valence-corrected chi connectivity index (χ2v) is 4.27. The van der Waals surface area contributed by atoms with E-state index in [1.165, 1.54) is 0 Å². The molecule has 0 fully saturated rings. The highest BCUT2D eigenvalue weighted by molar-refractivity contribution is 5.85. The molecule has 0 heterocycles. The number of carbonyl (C=O) groups is 1. The van der Waals surface area contributed by atoms with Crippen molar-refractivity contribution in [3.05, 3.63) is 24.8 Å². The van der Waals surface area contributed by atoms with Gasteiger partial charge in [0.1, 0.15) is 5.78 Å². The Bertz CT molecular complexity index is 209. The summed E-state index contributed by atoms with van der Waals surface area (Å²) < 4.78 is 0. The highest BCUT2D eigenvalue weighted by Gasteiger charge is 2.27. The van der Waals surface area contributed by atoms with Crippen LogP contribution in [0.25, 0.3) is 0 Å². The highest BCUT2D eigenvalue weighted by Crippen LogP contribution is 2.25. The minimum absolute atomic E-state index is 0.118. The lowest BCUT2D eigenvalue weighted by Crippen LogP contribution is -2.27. The fourth-order valence-electron chi connectivity index (χ4n) is 1.34. The van der Waals surface area contributed by atoms with E-state index in [1.807, 2.05) is 39.8 Å². The van der Waals surface area contributed by atoms with Crippen molar-refractivity contribution in [1.82, 2.24) is 0 Å². The predicted octanol–water partition coefficient (Wildman–Crippen LogP) is 3.37. The number of ketones is 1. The van der Waals surface area contributed by atoms with Crippen LogP contribution in [0.3, 0.4) is 0 Å². The van der Waals surface area contributed by atoms with Crippen molar-refractivity contribution >= 4 is 5.78 Å². The average molecular weight is 180 g/mol. The summed E-state index contributed by atoms with van der Waals surface area (Å²) >= 11 is 0. The summed E-state index contributed by atoms with van der Waals surface area (Å²) in [7, 11) is 0. The van der Waals surface area contributed by atoms with Crippen molar-refractivity contribution in [2.24, 2.45) is 11.3 Å². The maximum Gasteiger partial charge on any atom is 0.141 e. The van der Waals surface area contributed by atoms with E-state index < -0.39 is 0 Å². The van der Waals surface area contributed by atoms with E-state index in [2.05, 4.69) is 6.58 Å². The average Bonchev–Trinajstić information content (AvgIpc) is 2.03. The van der Waals surface area contributed by atoms with Gasteiger partial charge in [-0.05, 0) is 6.42 Å². The lowest BCUT2D eigenvalue weighted by atomic mass is 9.80. The summed E-state index contributed by atoms with van der Waals surface area (Å²) in [5.74, 6) is 0.438. The van der Waals surface area contributed by atoms with Gasteiger partial charge in [0.25, 0.3) is 0 Å². The molecule has 0 radical (unpaired) electrons. The summed E-state index contributed by atoms with van der Waals surface area (Å²) in [4.78, 5) is 11.7. The molecule has 0 N–H and O–H groups in total. The normalized spacial score (nSPS) is 12.4. The topological polar surface area (TPSA) is 17.1 Å². The summed E-state index contributed by atoms with van der Waals surface area (Å²) in [5, 5.41) is 0. The fraction of sp³-hybridized carbons (Fsp3) is 0.583. The van der Waals surface area contributed by atoms with Crippen molar-refractivity contribution in [3.8, 4) is 0 Å². The minimum atomic E-state index is -0.242. The smallest absolute Gasteiger partial charge is 0.141 e. The third-order valence-electron chi connectivity index (χ3n) is 2.09. The van der Waals surface area contributed by atoms with Crippen LogP contribution in [-0.4, -0.2) is 5.78 Å². The van der Waals surface area contributed by atoms with Crippen molar-refractivity contribution in [2.75, 3.05) is 0 Å². The molecule has 1 nitrogen and oxygen atoms in total. The van der Waals surface area contributed by atoms with E-state index in [0.29, 0.717) is 5.78 Å². The van der Waals surface area contributed by atoms with Gasteiger partial charge in [-0.1, -0.05) is 52.5 Å². The lowest BCUT2D eigenvalue weighted by molar-refractivity contribution is -0.130. The lowest BCUT2D eigenvalue weighted by Gasteiger charge is -2.23. The van der Waals surface area contributed by atoms with Crippen molar-refractivity contribution < 1.29 is 4.79 Å². The van der Waals surface area contributed by atoms with Gasteiger partial charge in [0, 0.05) is 11.3 Å². The molecule has 0 bridgehead atoms. The molecule has 0 atom stereocenters. The summed E-state index contributed by atoms with van der Waals surface area (Å²) in [6.45, 7) is 11.5. The highest BCUT2D eigenvalue weighted by atomic mass is 16.1. The summed E-state index contributed by atoms with van der Waals surface area (Å²) in [5.41, 5.74) is -0.242. The summed E-state index contributed by atoms with van der Waals surface area (Å²) in [6, 6.07) is 0. The van der Waals surface area contributed by atoms with E-state index in [-0.39, 0.29) is 11.3 Å². The van der Waals surface area contributed by atoms with Gasteiger partial charge in [-0.2, -0.15) is 0 Å². The maximum atomic E-state index is 11.7. The standard InChI is InChI=1S/C12H20O/c1-6-7-8-9-12(4,5)11(13)10(2)3/h6-8,10H,1,9H2,2-5H3. The van der Waals surface area contributed by atoms with Crippen molar-refractivity contribution in [3.63, 3.8) is 0 Å². The van der Waals surface area contributed by atoms with Gasteiger partial charge < -0.3 is 0 Å². The van der Waals surface area contributed by atoms with Gasteiger partial charge in [0.2, 0.25) is 0 Å². The largest absolute Gasteiger partial charge is 0.299 e. The van der Waals surface area contributed by atoms with Gasteiger partial charge in [-0.3, -0.25) is 4.79 Å². The molecular formula is C12H20O. The van der Waals surface area contributed by atoms with Crippen LogP contribution in [0.15, 0.2) is 24.8 Å². The van der Waals surface area contributed by atoms with Crippen LogP contribution in [0.4, 0.5) is 0 Å².